The van der Waals surface area contributed by atoms with E-state index < -0.39 is 0 Å². The first-order valence-corrected chi connectivity index (χ1v) is 6.41. The molecule has 0 aliphatic rings. The molecule has 1 aromatic carbocycles. The molecule has 2 aromatic rings. The Kier molecular flexibility index (Phi) is 4.40. The average molecular weight is 268 g/mol. The van der Waals surface area contributed by atoms with Gasteiger partial charge in [0.2, 0.25) is 11.1 Å². The molecule has 1 aromatic heterocycles. The quantitative estimate of drug-likeness (QED) is 0.619. The summed E-state index contributed by atoms with van der Waals surface area (Å²) in [4.78, 5) is 3.97. The Morgan fingerprint density at radius 1 is 1.33 bits per heavy atom. The van der Waals surface area contributed by atoms with Gasteiger partial charge in [-0.1, -0.05) is 11.8 Å². The molecule has 0 unspecified atom stereocenters. The molecule has 0 saturated heterocycles. The lowest BCUT2D eigenvalue weighted by Gasteiger charge is -2.04. The van der Waals surface area contributed by atoms with Crippen molar-refractivity contribution in [2.45, 2.75) is 11.6 Å². The van der Waals surface area contributed by atoms with Gasteiger partial charge in [-0.15, -0.1) is 5.10 Å². The van der Waals surface area contributed by atoms with Crippen LogP contribution in [-0.4, -0.2) is 27.5 Å². The summed E-state index contributed by atoms with van der Waals surface area (Å²) in [7, 11) is 0. The van der Waals surface area contributed by atoms with Gasteiger partial charge in [-0.2, -0.15) is 4.98 Å². The Morgan fingerprint density at radius 2 is 2.11 bits per heavy atom. The van der Waals surface area contributed by atoms with Crippen molar-refractivity contribution >= 4 is 17.7 Å². The third-order valence-electron chi connectivity index (χ3n) is 2.08. The molecular formula is C11H13FN4OS. The fraction of sp³-hybridized carbons (Fsp3) is 0.273. The third kappa shape index (κ3) is 3.92. The number of nitrogens with zero attached hydrogens (tertiary/aromatic N) is 2. The molecule has 3 N–H and O–H groups in total. The zero-order valence-corrected chi connectivity index (χ0v) is 10.4. The van der Waals surface area contributed by atoms with Crippen LogP contribution in [0.1, 0.15) is 6.42 Å². The molecule has 0 aliphatic carbocycles. The van der Waals surface area contributed by atoms with Crippen molar-refractivity contribution in [3.8, 4) is 5.75 Å². The normalized spacial score (nSPS) is 10.5. The van der Waals surface area contributed by atoms with E-state index in [2.05, 4.69) is 15.2 Å². The zero-order chi connectivity index (χ0) is 12.8. The Hall–Kier alpha value is -1.76. The van der Waals surface area contributed by atoms with Crippen molar-refractivity contribution in [1.29, 1.82) is 0 Å². The second-order valence-corrected chi connectivity index (χ2v) is 4.57. The summed E-state index contributed by atoms with van der Waals surface area (Å²) in [6, 6.07) is 5.97. The number of aromatic amines is 1. The van der Waals surface area contributed by atoms with Crippen molar-refractivity contribution in [2.24, 2.45) is 0 Å². The highest BCUT2D eigenvalue weighted by atomic mass is 32.2. The standard InChI is InChI=1S/C11H13FN4OS/c12-8-2-4-9(5-3-8)17-6-1-7-18-11-14-10(13)15-16-11/h2-5H,1,6-7H2,(H3,13,14,15,16). The Balaban J connectivity index is 1.63. The highest BCUT2D eigenvalue weighted by molar-refractivity contribution is 7.99. The van der Waals surface area contributed by atoms with Crippen molar-refractivity contribution in [1.82, 2.24) is 15.2 Å². The number of H-pyrrole nitrogens is 1. The fourth-order valence-electron chi connectivity index (χ4n) is 1.27. The van der Waals surface area contributed by atoms with Gasteiger partial charge in [0.15, 0.2) is 0 Å². The van der Waals surface area contributed by atoms with Gasteiger partial charge < -0.3 is 10.5 Å². The molecule has 0 amide bonds. The molecule has 96 valence electrons. The van der Waals surface area contributed by atoms with E-state index >= 15 is 0 Å². The van der Waals surface area contributed by atoms with Gasteiger partial charge in [0.25, 0.3) is 0 Å². The summed E-state index contributed by atoms with van der Waals surface area (Å²) in [6.07, 6.45) is 0.844. The predicted molar refractivity (Wildman–Crippen MR) is 68.0 cm³/mol. The molecule has 0 aliphatic heterocycles. The Labute approximate surface area is 108 Å². The Bertz CT molecular complexity index is 488. The Morgan fingerprint density at radius 3 is 2.78 bits per heavy atom. The monoisotopic (exact) mass is 268 g/mol. The first-order valence-electron chi connectivity index (χ1n) is 5.43. The molecule has 5 nitrogen and oxygen atoms in total. The van der Waals surface area contributed by atoms with Crippen LogP contribution in [0.3, 0.4) is 0 Å². The van der Waals surface area contributed by atoms with Crippen LogP contribution in [0, 0.1) is 5.82 Å². The van der Waals surface area contributed by atoms with E-state index in [1.165, 1.54) is 23.9 Å². The number of anilines is 1. The largest absolute Gasteiger partial charge is 0.494 e. The van der Waals surface area contributed by atoms with Crippen LogP contribution in [0.25, 0.3) is 0 Å². The first-order chi connectivity index (χ1) is 8.74. The van der Waals surface area contributed by atoms with Gasteiger partial charge >= 0.3 is 0 Å². The minimum Gasteiger partial charge on any atom is -0.494 e. The molecular weight excluding hydrogens is 255 g/mol. The fourth-order valence-corrected chi connectivity index (χ4v) is 1.98. The summed E-state index contributed by atoms with van der Waals surface area (Å²) in [5.74, 6) is 1.56. The van der Waals surface area contributed by atoms with Crippen LogP contribution >= 0.6 is 11.8 Å². The molecule has 0 bridgehead atoms. The number of hydrogen-bond acceptors (Lipinski definition) is 5. The van der Waals surface area contributed by atoms with Crippen molar-refractivity contribution in [2.75, 3.05) is 18.1 Å². The van der Waals surface area contributed by atoms with E-state index in [1.807, 2.05) is 0 Å². The maximum Gasteiger partial charge on any atom is 0.216 e. The molecule has 7 heteroatoms. The SMILES string of the molecule is Nc1nc(SCCCOc2ccc(F)cc2)n[nH]1. The van der Waals surface area contributed by atoms with Gasteiger partial charge in [0.1, 0.15) is 11.6 Å². The number of ether oxygens (including phenoxy) is 1. The number of rotatable bonds is 6. The lowest BCUT2D eigenvalue weighted by Crippen LogP contribution is -1.98. The second kappa shape index (κ2) is 6.25. The molecule has 0 radical (unpaired) electrons. The highest BCUT2D eigenvalue weighted by Gasteiger charge is 2.00. The zero-order valence-electron chi connectivity index (χ0n) is 9.60. The van der Waals surface area contributed by atoms with Gasteiger partial charge in [-0.25, -0.2) is 9.49 Å². The molecule has 0 spiro atoms. The van der Waals surface area contributed by atoms with Gasteiger partial charge in [-0.3, -0.25) is 0 Å². The molecule has 0 atom stereocenters. The highest BCUT2D eigenvalue weighted by Crippen LogP contribution is 2.15. The predicted octanol–water partition coefficient (Wildman–Crippen LogP) is 2.09. The summed E-state index contributed by atoms with van der Waals surface area (Å²) >= 11 is 1.51. The lowest BCUT2D eigenvalue weighted by molar-refractivity contribution is 0.318. The number of hydrogen-bond donors (Lipinski definition) is 2. The van der Waals surface area contributed by atoms with Crippen molar-refractivity contribution in [3.63, 3.8) is 0 Å². The number of halogens is 1. The summed E-state index contributed by atoms with van der Waals surface area (Å²) < 4.78 is 18.1. The number of benzene rings is 1. The van der Waals surface area contributed by atoms with Gasteiger partial charge in [-0.05, 0) is 30.7 Å². The molecule has 18 heavy (non-hydrogen) atoms. The van der Waals surface area contributed by atoms with E-state index in [-0.39, 0.29) is 5.82 Å². The van der Waals surface area contributed by atoms with Gasteiger partial charge in [0.05, 0.1) is 6.61 Å². The number of nitrogen functional groups attached to an aromatic ring is 1. The van der Waals surface area contributed by atoms with E-state index in [9.17, 15) is 4.39 Å². The average Bonchev–Trinajstić information content (AvgIpc) is 2.77. The molecule has 0 saturated carbocycles. The topological polar surface area (TPSA) is 76.8 Å². The molecule has 1 heterocycles. The van der Waals surface area contributed by atoms with Crippen LogP contribution in [0.4, 0.5) is 10.3 Å². The van der Waals surface area contributed by atoms with Crippen molar-refractivity contribution in [3.05, 3.63) is 30.1 Å². The van der Waals surface area contributed by atoms with Crippen LogP contribution in [0.15, 0.2) is 29.4 Å². The minimum atomic E-state index is -0.264. The van der Waals surface area contributed by atoms with E-state index in [0.29, 0.717) is 23.5 Å². The lowest BCUT2D eigenvalue weighted by atomic mass is 10.3. The number of nitrogens with one attached hydrogen (secondary N) is 1. The van der Waals surface area contributed by atoms with Crippen molar-refractivity contribution < 1.29 is 9.13 Å². The number of nitrogens with two attached hydrogens (primary N) is 1. The second-order valence-electron chi connectivity index (χ2n) is 3.51. The molecule has 0 fully saturated rings. The van der Waals surface area contributed by atoms with E-state index in [4.69, 9.17) is 10.5 Å². The maximum atomic E-state index is 12.6. The number of aromatic nitrogens is 3. The van der Waals surface area contributed by atoms with Crippen LogP contribution in [0.5, 0.6) is 5.75 Å². The third-order valence-corrected chi connectivity index (χ3v) is 3.02. The number of thioether (sulfide) groups is 1. The van der Waals surface area contributed by atoms with Gasteiger partial charge in [0, 0.05) is 5.75 Å². The van der Waals surface area contributed by atoms with E-state index in [1.54, 1.807) is 12.1 Å². The van der Waals surface area contributed by atoms with Crippen LogP contribution in [-0.2, 0) is 0 Å². The molecule has 2 rings (SSSR count). The summed E-state index contributed by atoms with van der Waals surface area (Å²) in [6.45, 7) is 0.568. The van der Waals surface area contributed by atoms with Crippen LogP contribution < -0.4 is 10.5 Å². The minimum absolute atomic E-state index is 0.264. The summed E-state index contributed by atoms with van der Waals surface area (Å²) in [5.41, 5.74) is 5.40. The van der Waals surface area contributed by atoms with E-state index in [0.717, 1.165) is 12.2 Å². The van der Waals surface area contributed by atoms with Crippen LogP contribution in [0.2, 0.25) is 0 Å². The maximum absolute atomic E-state index is 12.6. The smallest absolute Gasteiger partial charge is 0.216 e. The first kappa shape index (κ1) is 12.7. The summed E-state index contributed by atoms with van der Waals surface area (Å²) in [5, 5.41) is 7.10.